The van der Waals surface area contributed by atoms with Crippen LogP contribution >= 0.6 is 31.9 Å². The van der Waals surface area contributed by atoms with Crippen molar-refractivity contribution in [2.75, 3.05) is 5.33 Å². The molecule has 0 fully saturated rings. The molecule has 0 aliphatic rings. The molecule has 0 heterocycles. The van der Waals surface area contributed by atoms with Crippen molar-refractivity contribution in [3.05, 3.63) is 34.3 Å². The van der Waals surface area contributed by atoms with Gasteiger partial charge in [-0.3, -0.25) is 0 Å². The maximum absolute atomic E-state index is 12.1. The Hall–Kier alpha value is -0.490. The van der Waals surface area contributed by atoms with Gasteiger partial charge < -0.3 is 4.74 Å². The molecule has 88 valence electrons. The zero-order chi connectivity index (χ0) is 12.2. The van der Waals surface area contributed by atoms with Gasteiger partial charge in [0.25, 0.3) is 0 Å². The van der Waals surface area contributed by atoms with Gasteiger partial charge in [0.1, 0.15) is 5.75 Å². The van der Waals surface area contributed by atoms with Crippen LogP contribution < -0.4 is 4.74 Å². The standard InChI is InChI=1S/C10H7Br2F3O/c11-5-1-2-7-3-4-8(12)6-9(7)16-10(13,14)15/h1-4,6H,5H2. The van der Waals surface area contributed by atoms with E-state index in [0.29, 0.717) is 15.4 Å². The van der Waals surface area contributed by atoms with Gasteiger partial charge in [0.15, 0.2) is 0 Å². The van der Waals surface area contributed by atoms with Crippen molar-refractivity contribution in [2.24, 2.45) is 0 Å². The minimum absolute atomic E-state index is 0.223. The molecule has 0 amide bonds. The summed E-state index contributed by atoms with van der Waals surface area (Å²) in [6.07, 6.45) is -1.44. The number of benzene rings is 1. The van der Waals surface area contributed by atoms with Gasteiger partial charge in [-0.1, -0.05) is 50.1 Å². The van der Waals surface area contributed by atoms with E-state index in [1.807, 2.05) is 0 Å². The largest absolute Gasteiger partial charge is 0.573 e. The number of rotatable bonds is 3. The molecule has 1 aromatic carbocycles. The Balaban J connectivity index is 3.03. The van der Waals surface area contributed by atoms with Crippen molar-refractivity contribution in [1.82, 2.24) is 0 Å². The molecule has 0 aromatic heterocycles. The van der Waals surface area contributed by atoms with Crippen molar-refractivity contribution >= 4 is 37.9 Å². The molecule has 0 aliphatic heterocycles. The van der Waals surface area contributed by atoms with E-state index in [4.69, 9.17) is 0 Å². The fourth-order valence-electron chi connectivity index (χ4n) is 1.03. The number of ether oxygens (including phenoxy) is 1. The second-order valence-corrected chi connectivity index (χ2v) is 4.35. The summed E-state index contributed by atoms with van der Waals surface area (Å²) < 4.78 is 40.8. The van der Waals surface area contributed by atoms with Crippen LogP contribution in [0.25, 0.3) is 6.08 Å². The minimum atomic E-state index is -4.68. The number of halogens is 5. The van der Waals surface area contributed by atoms with Crippen molar-refractivity contribution in [3.8, 4) is 5.75 Å². The first-order valence-electron chi connectivity index (χ1n) is 4.20. The minimum Gasteiger partial charge on any atom is -0.405 e. The highest BCUT2D eigenvalue weighted by atomic mass is 79.9. The molecule has 16 heavy (non-hydrogen) atoms. The van der Waals surface area contributed by atoms with Gasteiger partial charge >= 0.3 is 6.36 Å². The number of alkyl halides is 4. The van der Waals surface area contributed by atoms with Crippen LogP contribution in [0.1, 0.15) is 5.56 Å². The van der Waals surface area contributed by atoms with Crippen molar-refractivity contribution in [2.45, 2.75) is 6.36 Å². The molecule has 0 bridgehead atoms. The monoisotopic (exact) mass is 358 g/mol. The molecule has 0 unspecified atom stereocenters. The molecule has 1 rings (SSSR count). The number of hydrogen-bond donors (Lipinski definition) is 0. The highest BCUT2D eigenvalue weighted by molar-refractivity contribution is 9.10. The lowest BCUT2D eigenvalue weighted by Crippen LogP contribution is -2.17. The molecule has 0 aliphatic carbocycles. The van der Waals surface area contributed by atoms with Crippen LogP contribution in [0.4, 0.5) is 13.2 Å². The first-order chi connectivity index (χ1) is 7.42. The Labute approximate surface area is 108 Å². The zero-order valence-electron chi connectivity index (χ0n) is 7.89. The van der Waals surface area contributed by atoms with Gasteiger partial charge in [0, 0.05) is 15.4 Å². The summed E-state index contributed by atoms with van der Waals surface area (Å²) in [5.41, 5.74) is 0.375. The van der Waals surface area contributed by atoms with Gasteiger partial charge in [-0.25, -0.2) is 0 Å². The Morgan fingerprint density at radius 3 is 2.56 bits per heavy atom. The van der Waals surface area contributed by atoms with E-state index in [0.717, 1.165) is 0 Å². The van der Waals surface area contributed by atoms with Crippen LogP contribution in [0.3, 0.4) is 0 Å². The average molecular weight is 360 g/mol. The third-order valence-corrected chi connectivity index (χ3v) is 2.45. The van der Waals surface area contributed by atoms with Crippen molar-refractivity contribution < 1.29 is 17.9 Å². The number of hydrogen-bond acceptors (Lipinski definition) is 1. The van der Waals surface area contributed by atoms with Gasteiger partial charge in [-0.15, -0.1) is 13.2 Å². The fraction of sp³-hybridized carbons (Fsp3) is 0.200. The Kier molecular flexibility index (Phi) is 4.86. The van der Waals surface area contributed by atoms with E-state index >= 15 is 0 Å². The summed E-state index contributed by atoms with van der Waals surface area (Å²) in [4.78, 5) is 0. The van der Waals surface area contributed by atoms with Gasteiger partial charge in [-0.05, 0) is 12.1 Å². The lowest BCUT2D eigenvalue weighted by atomic mass is 10.2. The van der Waals surface area contributed by atoms with Crippen LogP contribution in [0.5, 0.6) is 5.75 Å². The molecular weight excluding hydrogens is 353 g/mol. The van der Waals surface area contributed by atoms with Crippen LogP contribution in [0.15, 0.2) is 28.7 Å². The average Bonchev–Trinajstić information content (AvgIpc) is 2.14. The van der Waals surface area contributed by atoms with Crippen LogP contribution in [-0.4, -0.2) is 11.7 Å². The van der Waals surface area contributed by atoms with Crippen LogP contribution in [-0.2, 0) is 0 Å². The second kappa shape index (κ2) is 5.72. The Bertz CT molecular complexity index is 388. The van der Waals surface area contributed by atoms with E-state index in [1.54, 1.807) is 24.3 Å². The quantitative estimate of drug-likeness (QED) is 0.707. The van der Waals surface area contributed by atoms with E-state index in [9.17, 15) is 13.2 Å². The summed E-state index contributed by atoms with van der Waals surface area (Å²) in [6.45, 7) is 0. The molecule has 0 spiro atoms. The predicted molar refractivity (Wildman–Crippen MR) is 63.7 cm³/mol. The highest BCUT2D eigenvalue weighted by Gasteiger charge is 2.31. The summed E-state index contributed by atoms with van der Waals surface area (Å²) in [7, 11) is 0. The highest BCUT2D eigenvalue weighted by Crippen LogP contribution is 2.30. The third-order valence-electron chi connectivity index (χ3n) is 1.59. The molecule has 0 saturated carbocycles. The molecule has 0 atom stereocenters. The Morgan fingerprint density at radius 1 is 1.31 bits per heavy atom. The maximum Gasteiger partial charge on any atom is 0.573 e. The maximum atomic E-state index is 12.1. The molecule has 0 N–H and O–H groups in total. The molecule has 1 nitrogen and oxygen atoms in total. The van der Waals surface area contributed by atoms with E-state index in [2.05, 4.69) is 36.6 Å². The summed E-state index contributed by atoms with van der Waals surface area (Å²) >= 11 is 6.24. The first kappa shape index (κ1) is 13.6. The molecule has 1 aromatic rings. The first-order valence-corrected chi connectivity index (χ1v) is 6.11. The molecule has 0 saturated heterocycles. The third kappa shape index (κ3) is 4.57. The molecule has 6 heteroatoms. The van der Waals surface area contributed by atoms with Gasteiger partial charge in [0.05, 0.1) is 0 Å². The van der Waals surface area contributed by atoms with E-state index in [-0.39, 0.29) is 5.75 Å². The second-order valence-electron chi connectivity index (χ2n) is 2.79. The normalized spacial score (nSPS) is 12.1. The smallest absolute Gasteiger partial charge is 0.405 e. The zero-order valence-corrected chi connectivity index (χ0v) is 11.1. The summed E-state index contributed by atoms with van der Waals surface area (Å²) in [5, 5.41) is 0.564. The predicted octanol–water partition coefficient (Wildman–Crippen LogP) is 4.76. The van der Waals surface area contributed by atoms with Gasteiger partial charge in [0.2, 0.25) is 0 Å². The fourth-order valence-corrected chi connectivity index (χ4v) is 1.56. The summed E-state index contributed by atoms with van der Waals surface area (Å²) in [6, 6.07) is 4.48. The lowest BCUT2D eigenvalue weighted by Gasteiger charge is -2.11. The SMILES string of the molecule is FC(F)(F)Oc1cc(Br)ccc1C=CCBr. The molecule has 0 radical (unpaired) electrons. The lowest BCUT2D eigenvalue weighted by molar-refractivity contribution is -0.274. The topological polar surface area (TPSA) is 9.23 Å². The number of allylic oxidation sites excluding steroid dienone is 1. The van der Waals surface area contributed by atoms with E-state index in [1.165, 1.54) is 6.07 Å². The Morgan fingerprint density at radius 2 is 2.00 bits per heavy atom. The van der Waals surface area contributed by atoms with E-state index < -0.39 is 6.36 Å². The van der Waals surface area contributed by atoms with Gasteiger partial charge in [-0.2, -0.15) is 0 Å². The van der Waals surface area contributed by atoms with Crippen molar-refractivity contribution in [1.29, 1.82) is 0 Å². The molecular formula is C10H7Br2F3O. The van der Waals surface area contributed by atoms with Crippen molar-refractivity contribution in [3.63, 3.8) is 0 Å². The summed E-state index contributed by atoms with van der Waals surface area (Å²) in [5.74, 6) is -0.223. The van der Waals surface area contributed by atoms with Crippen LogP contribution in [0, 0.1) is 0 Å². The van der Waals surface area contributed by atoms with Crippen LogP contribution in [0.2, 0.25) is 0 Å².